The number of carboxylic acids is 1. The van der Waals surface area contributed by atoms with Crippen LogP contribution in [0.15, 0.2) is 29.2 Å². The van der Waals surface area contributed by atoms with Gasteiger partial charge in [-0.2, -0.15) is 0 Å². The van der Waals surface area contributed by atoms with Gasteiger partial charge in [-0.15, -0.1) is 0 Å². The lowest BCUT2D eigenvalue weighted by molar-refractivity contribution is -0.384. The molecule has 9 heteroatoms. The fraction of sp³-hybridized carbons (Fsp3) is 0.154. The molecule has 1 heterocycles. The Kier molecular flexibility index (Phi) is 4.88. The number of hydrogen-bond donors (Lipinski definition) is 1. The molecule has 2 rings (SSSR count). The molecular formula is C13H10N2O5S2. The van der Waals surface area contributed by atoms with Crippen molar-refractivity contribution >= 4 is 51.9 Å². The van der Waals surface area contributed by atoms with Crippen molar-refractivity contribution in [3.63, 3.8) is 0 Å². The summed E-state index contributed by atoms with van der Waals surface area (Å²) in [6, 6.07) is 5.87. The first-order valence-corrected chi connectivity index (χ1v) is 7.32. The van der Waals surface area contributed by atoms with Crippen molar-refractivity contribution in [1.29, 1.82) is 0 Å². The molecule has 1 aromatic carbocycles. The summed E-state index contributed by atoms with van der Waals surface area (Å²) in [7, 11) is 0. The highest BCUT2D eigenvalue weighted by Crippen LogP contribution is 2.32. The average Bonchev–Trinajstić information content (AvgIpc) is 2.71. The van der Waals surface area contributed by atoms with E-state index in [0.29, 0.717) is 10.5 Å². The number of amides is 1. The lowest BCUT2D eigenvalue weighted by Crippen LogP contribution is -2.30. The van der Waals surface area contributed by atoms with Crippen molar-refractivity contribution < 1.29 is 19.6 Å². The second-order valence-corrected chi connectivity index (χ2v) is 6.00. The first-order chi connectivity index (χ1) is 10.4. The largest absolute Gasteiger partial charge is 0.481 e. The molecule has 0 saturated carbocycles. The number of nitro benzene ring substituents is 1. The van der Waals surface area contributed by atoms with E-state index in [-0.39, 0.29) is 28.9 Å². The van der Waals surface area contributed by atoms with E-state index >= 15 is 0 Å². The molecule has 0 spiro atoms. The monoisotopic (exact) mass is 338 g/mol. The molecule has 0 atom stereocenters. The minimum atomic E-state index is -1.02. The first-order valence-electron chi connectivity index (χ1n) is 6.10. The number of rotatable bonds is 5. The Morgan fingerprint density at radius 2 is 2.23 bits per heavy atom. The Morgan fingerprint density at radius 3 is 2.86 bits per heavy atom. The molecule has 0 bridgehead atoms. The van der Waals surface area contributed by atoms with Gasteiger partial charge in [0, 0.05) is 18.7 Å². The first kappa shape index (κ1) is 16.1. The second-order valence-electron chi connectivity index (χ2n) is 4.33. The molecule has 1 N–H and O–H groups in total. The Morgan fingerprint density at radius 1 is 1.50 bits per heavy atom. The topological polar surface area (TPSA) is 101 Å². The minimum Gasteiger partial charge on any atom is -0.481 e. The van der Waals surface area contributed by atoms with E-state index in [1.54, 1.807) is 6.07 Å². The number of thiocarbonyl (C=S) groups is 1. The Labute approximate surface area is 134 Å². The summed E-state index contributed by atoms with van der Waals surface area (Å²) in [5.74, 6) is -1.40. The summed E-state index contributed by atoms with van der Waals surface area (Å²) in [6.45, 7) is 0.00623. The zero-order chi connectivity index (χ0) is 16.3. The van der Waals surface area contributed by atoms with Crippen molar-refractivity contribution in [2.24, 2.45) is 0 Å². The highest BCUT2D eigenvalue weighted by atomic mass is 32.2. The van der Waals surface area contributed by atoms with Crippen LogP contribution in [-0.4, -0.2) is 37.7 Å². The second kappa shape index (κ2) is 6.67. The van der Waals surface area contributed by atoms with Crippen LogP contribution in [0.25, 0.3) is 6.08 Å². The third kappa shape index (κ3) is 3.68. The number of aliphatic carboxylic acids is 1. The zero-order valence-corrected chi connectivity index (χ0v) is 12.7. The van der Waals surface area contributed by atoms with Crippen molar-refractivity contribution in [2.75, 3.05) is 6.54 Å². The quantitative estimate of drug-likeness (QED) is 0.380. The van der Waals surface area contributed by atoms with E-state index in [1.807, 2.05) is 0 Å². The van der Waals surface area contributed by atoms with Crippen LogP contribution < -0.4 is 0 Å². The van der Waals surface area contributed by atoms with E-state index in [9.17, 15) is 19.7 Å². The van der Waals surface area contributed by atoms with Crippen LogP contribution in [0.4, 0.5) is 5.69 Å². The van der Waals surface area contributed by atoms with Gasteiger partial charge >= 0.3 is 5.97 Å². The number of non-ortho nitro benzene ring substituents is 1. The number of benzene rings is 1. The molecule has 1 amide bonds. The van der Waals surface area contributed by atoms with Crippen LogP contribution in [0.2, 0.25) is 0 Å². The van der Waals surface area contributed by atoms with Gasteiger partial charge in [-0.25, -0.2) is 0 Å². The van der Waals surface area contributed by atoms with Crippen molar-refractivity contribution in [2.45, 2.75) is 6.42 Å². The van der Waals surface area contributed by atoms with E-state index < -0.39 is 10.9 Å². The van der Waals surface area contributed by atoms with Gasteiger partial charge in [0.25, 0.3) is 11.6 Å². The summed E-state index contributed by atoms with van der Waals surface area (Å²) in [6.07, 6.45) is 1.31. The fourth-order valence-corrected chi connectivity index (χ4v) is 3.09. The predicted octanol–water partition coefficient (Wildman–Crippen LogP) is 2.27. The number of carbonyl (C=O) groups excluding carboxylic acids is 1. The van der Waals surface area contributed by atoms with E-state index in [2.05, 4.69) is 0 Å². The maximum Gasteiger partial charge on any atom is 0.305 e. The van der Waals surface area contributed by atoms with Crippen LogP contribution in [-0.2, 0) is 9.59 Å². The number of thioether (sulfide) groups is 1. The molecule has 7 nitrogen and oxygen atoms in total. The smallest absolute Gasteiger partial charge is 0.305 e. The molecule has 114 valence electrons. The third-order valence-electron chi connectivity index (χ3n) is 2.80. The summed E-state index contributed by atoms with van der Waals surface area (Å²) in [5.41, 5.74) is 0.433. The molecule has 0 radical (unpaired) electrons. The Bertz CT molecular complexity index is 701. The van der Waals surface area contributed by atoms with Crippen LogP contribution in [0.3, 0.4) is 0 Å². The van der Waals surface area contributed by atoms with E-state index in [0.717, 1.165) is 11.8 Å². The lowest BCUT2D eigenvalue weighted by atomic mass is 10.2. The number of nitro groups is 1. The van der Waals surface area contributed by atoms with Crippen LogP contribution >= 0.6 is 24.0 Å². The van der Waals surface area contributed by atoms with Crippen molar-refractivity contribution in [3.05, 3.63) is 44.8 Å². The summed E-state index contributed by atoms with van der Waals surface area (Å²) >= 11 is 6.10. The molecular weight excluding hydrogens is 328 g/mol. The molecule has 1 aliphatic heterocycles. The van der Waals surface area contributed by atoms with Gasteiger partial charge in [-0.05, 0) is 11.6 Å². The van der Waals surface area contributed by atoms with Crippen LogP contribution in [0, 0.1) is 10.1 Å². The minimum absolute atomic E-state index is 0.00623. The summed E-state index contributed by atoms with van der Waals surface area (Å²) < 4.78 is 0.280. The van der Waals surface area contributed by atoms with Crippen molar-refractivity contribution in [1.82, 2.24) is 4.90 Å². The van der Waals surface area contributed by atoms with Gasteiger partial charge in [-0.3, -0.25) is 24.6 Å². The maximum absolute atomic E-state index is 12.2. The molecule has 0 unspecified atom stereocenters. The number of nitrogens with zero attached hydrogens (tertiary/aromatic N) is 2. The van der Waals surface area contributed by atoms with Gasteiger partial charge in [-0.1, -0.05) is 36.1 Å². The highest BCUT2D eigenvalue weighted by molar-refractivity contribution is 8.26. The molecule has 1 aromatic rings. The zero-order valence-electron chi connectivity index (χ0n) is 11.1. The van der Waals surface area contributed by atoms with Gasteiger partial charge in [0.2, 0.25) is 0 Å². The number of carbonyl (C=O) groups is 2. The SMILES string of the molecule is O=C(O)CCN1C(=O)/C(=C\c2cccc([N+](=O)[O-])c2)SC1=S. The fourth-order valence-electron chi connectivity index (χ4n) is 1.78. The van der Waals surface area contributed by atoms with Crippen LogP contribution in [0.5, 0.6) is 0 Å². The van der Waals surface area contributed by atoms with E-state index in [4.69, 9.17) is 17.3 Å². The van der Waals surface area contributed by atoms with Gasteiger partial charge in [0.1, 0.15) is 4.32 Å². The third-order valence-corrected chi connectivity index (χ3v) is 4.18. The molecule has 0 aromatic heterocycles. The van der Waals surface area contributed by atoms with Crippen molar-refractivity contribution in [3.8, 4) is 0 Å². The Balaban J connectivity index is 2.21. The average molecular weight is 338 g/mol. The van der Waals surface area contributed by atoms with Crippen LogP contribution in [0.1, 0.15) is 12.0 Å². The molecule has 1 aliphatic rings. The molecule has 22 heavy (non-hydrogen) atoms. The summed E-state index contributed by atoms with van der Waals surface area (Å²) in [4.78, 5) is 34.5. The molecule has 1 fully saturated rings. The lowest BCUT2D eigenvalue weighted by Gasteiger charge is -2.12. The Hall–Kier alpha value is -2.26. The highest BCUT2D eigenvalue weighted by Gasteiger charge is 2.32. The molecule has 0 aliphatic carbocycles. The number of carboxylic acid groups (broad SMARTS) is 1. The number of hydrogen-bond acceptors (Lipinski definition) is 6. The van der Waals surface area contributed by atoms with Gasteiger partial charge in [0.05, 0.1) is 16.2 Å². The molecule has 1 saturated heterocycles. The normalized spacial score (nSPS) is 16.4. The summed E-state index contributed by atoms with van der Waals surface area (Å²) in [5, 5.41) is 19.4. The van der Waals surface area contributed by atoms with Gasteiger partial charge < -0.3 is 5.11 Å². The standard InChI is InChI=1S/C13H10N2O5S2/c16-11(17)4-5-14-12(18)10(22-13(14)21)7-8-2-1-3-9(6-8)15(19)20/h1-3,6-7H,4-5H2,(H,16,17)/b10-7+. The maximum atomic E-state index is 12.2. The predicted molar refractivity (Wildman–Crippen MR) is 85.2 cm³/mol. The van der Waals surface area contributed by atoms with E-state index in [1.165, 1.54) is 29.2 Å². The van der Waals surface area contributed by atoms with Gasteiger partial charge in [0.15, 0.2) is 0 Å².